The second-order valence-corrected chi connectivity index (χ2v) is 9.70. The normalized spacial score (nSPS) is 14.5. The number of rotatable bonds is 6. The molecule has 0 spiro atoms. The minimum absolute atomic E-state index is 0.245. The van der Waals surface area contributed by atoms with Crippen molar-refractivity contribution in [1.29, 1.82) is 0 Å². The number of aliphatic carboxylic acids is 1. The minimum atomic E-state index is -1.02. The Hall–Kier alpha value is -3.81. The third-order valence-corrected chi connectivity index (χ3v) is 6.74. The molecule has 3 aromatic carbocycles. The fourth-order valence-corrected chi connectivity index (χ4v) is 5.26. The average molecular weight is 536 g/mol. The molecule has 1 aliphatic rings. The van der Waals surface area contributed by atoms with Crippen LogP contribution in [0.4, 0.5) is 5.69 Å². The molecule has 37 heavy (non-hydrogen) atoms. The Morgan fingerprint density at radius 2 is 1.86 bits per heavy atom. The number of aromatic nitrogens is 1. The smallest absolute Gasteiger partial charge is 0.323 e. The Balaban J connectivity index is 1.62. The lowest BCUT2D eigenvalue weighted by Gasteiger charge is -2.28. The van der Waals surface area contributed by atoms with Crippen LogP contribution in [-0.2, 0) is 4.79 Å². The lowest BCUT2D eigenvalue weighted by atomic mass is 9.98. The molecule has 1 aromatic heterocycles. The molecule has 0 bridgehead atoms. The number of nitrogens with one attached hydrogen (secondary N) is 1. The number of hydrogen-bond donors (Lipinski definition) is 2. The zero-order chi connectivity index (χ0) is 26.1. The van der Waals surface area contributed by atoms with E-state index in [1.54, 1.807) is 30.1 Å². The Morgan fingerprint density at radius 1 is 1.11 bits per heavy atom. The molecule has 2 N–H and O–H groups in total. The number of amides is 1. The molecule has 1 amide bonds. The molecular weight excluding hydrogens is 513 g/mol. The molecule has 0 radical (unpaired) electrons. The van der Waals surface area contributed by atoms with Gasteiger partial charge in [-0.3, -0.25) is 14.6 Å². The van der Waals surface area contributed by atoms with Crippen molar-refractivity contribution in [3.05, 3.63) is 88.0 Å². The summed E-state index contributed by atoms with van der Waals surface area (Å²) in [5, 5.41) is 14.2. The monoisotopic (exact) mass is 535 g/mol. The molecule has 188 valence electrons. The van der Waals surface area contributed by atoms with E-state index in [2.05, 4.69) is 10.3 Å². The predicted octanol–water partition coefficient (Wildman–Crippen LogP) is 5.98. The number of likely N-dealkylation sites (N-methyl/N-ethyl adjacent to an activating group) is 1. The van der Waals surface area contributed by atoms with E-state index in [1.807, 2.05) is 42.5 Å². The van der Waals surface area contributed by atoms with Crippen molar-refractivity contribution in [1.82, 2.24) is 10.3 Å². The quantitative estimate of drug-likeness (QED) is 0.315. The Bertz CT molecular complexity index is 1500. The summed E-state index contributed by atoms with van der Waals surface area (Å²) in [6, 6.07) is 18.1. The highest BCUT2D eigenvalue weighted by Crippen LogP contribution is 2.37. The highest BCUT2D eigenvalue weighted by molar-refractivity contribution is 6.35. The third kappa shape index (κ3) is 5.05. The van der Waals surface area contributed by atoms with Gasteiger partial charge in [-0.1, -0.05) is 59.6 Å². The number of halogens is 2. The first-order chi connectivity index (χ1) is 17.8. The maximum Gasteiger partial charge on any atom is 0.323 e. The molecule has 5 rings (SSSR count). The molecule has 0 unspecified atom stereocenters. The van der Waals surface area contributed by atoms with E-state index in [0.29, 0.717) is 39.7 Å². The van der Waals surface area contributed by atoms with Crippen molar-refractivity contribution in [2.75, 3.05) is 25.1 Å². The summed E-state index contributed by atoms with van der Waals surface area (Å²) in [6.45, 7) is 0.183. The van der Waals surface area contributed by atoms with E-state index in [-0.39, 0.29) is 24.1 Å². The van der Waals surface area contributed by atoms with Crippen LogP contribution in [0.3, 0.4) is 0 Å². The first-order valence-corrected chi connectivity index (χ1v) is 12.4. The van der Waals surface area contributed by atoms with Gasteiger partial charge in [0.2, 0.25) is 0 Å². The van der Waals surface area contributed by atoms with Crippen LogP contribution in [0.1, 0.15) is 28.4 Å². The van der Waals surface area contributed by atoms with Gasteiger partial charge in [0, 0.05) is 46.2 Å². The zero-order valence-electron chi connectivity index (χ0n) is 19.9. The number of hydrogen-bond acceptors (Lipinski definition) is 5. The second-order valence-electron chi connectivity index (χ2n) is 8.83. The molecule has 2 heterocycles. The molecule has 0 saturated heterocycles. The second kappa shape index (κ2) is 10.3. The number of benzene rings is 3. The van der Waals surface area contributed by atoms with Crippen molar-refractivity contribution >= 4 is 51.7 Å². The molecule has 0 fully saturated rings. The van der Waals surface area contributed by atoms with Crippen LogP contribution in [0.2, 0.25) is 10.0 Å². The van der Waals surface area contributed by atoms with Crippen LogP contribution in [0.5, 0.6) is 5.75 Å². The molecular formula is C28H23Cl2N3O4. The van der Waals surface area contributed by atoms with E-state index >= 15 is 0 Å². The topological polar surface area (TPSA) is 91.8 Å². The Morgan fingerprint density at radius 3 is 2.62 bits per heavy atom. The van der Waals surface area contributed by atoms with Crippen molar-refractivity contribution < 1.29 is 19.4 Å². The van der Waals surface area contributed by atoms with Crippen LogP contribution >= 0.6 is 23.2 Å². The number of carboxylic acid groups (broad SMARTS) is 1. The van der Waals surface area contributed by atoms with Crippen molar-refractivity contribution in [3.8, 4) is 16.9 Å². The van der Waals surface area contributed by atoms with Gasteiger partial charge in [0.05, 0.1) is 29.4 Å². The average Bonchev–Trinajstić information content (AvgIpc) is 2.86. The number of fused-ring (bicyclic) bond motifs is 2. The molecule has 9 heteroatoms. The molecule has 0 aliphatic carbocycles. The van der Waals surface area contributed by atoms with Gasteiger partial charge in [-0.25, -0.2) is 0 Å². The summed E-state index contributed by atoms with van der Waals surface area (Å²) >= 11 is 12.5. The predicted molar refractivity (Wildman–Crippen MR) is 145 cm³/mol. The SMILES string of the molecule is CN(CC(=O)O)c1c(C(=O)N[C@H]2CCOc3ccccc32)cnc2c(-c3cc(Cl)cc(Cl)c3)cccc12. The van der Waals surface area contributed by atoms with Crippen molar-refractivity contribution in [2.45, 2.75) is 12.5 Å². The molecule has 4 aromatic rings. The number of ether oxygens (including phenoxy) is 1. The lowest BCUT2D eigenvalue weighted by Crippen LogP contribution is -2.34. The number of anilines is 1. The maximum absolute atomic E-state index is 13.6. The summed E-state index contributed by atoms with van der Waals surface area (Å²) in [5.41, 5.74) is 3.77. The number of nitrogens with zero attached hydrogens (tertiary/aromatic N) is 2. The van der Waals surface area contributed by atoms with E-state index in [4.69, 9.17) is 27.9 Å². The summed E-state index contributed by atoms with van der Waals surface area (Å²) < 4.78 is 5.72. The van der Waals surface area contributed by atoms with Crippen LogP contribution in [0.15, 0.2) is 66.9 Å². The number of carbonyl (C=O) groups excluding carboxylic acids is 1. The molecule has 1 aliphatic heterocycles. The van der Waals surface area contributed by atoms with Crippen LogP contribution < -0.4 is 15.0 Å². The van der Waals surface area contributed by atoms with E-state index < -0.39 is 5.97 Å². The van der Waals surface area contributed by atoms with Crippen LogP contribution in [0.25, 0.3) is 22.0 Å². The zero-order valence-corrected chi connectivity index (χ0v) is 21.4. The molecule has 7 nitrogen and oxygen atoms in total. The number of carboxylic acids is 1. The first kappa shape index (κ1) is 24.9. The van der Waals surface area contributed by atoms with Gasteiger partial charge < -0.3 is 20.1 Å². The van der Waals surface area contributed by atoms with Gasteiger partial charge >= 0.3 is 5.97 Å². The van der Waals surface area contributed by atoms with Crippen molar-refractivity contribution in [2.24, 2.45) is 0 Å². The third-order valence-electron chi connectivity index (χ3n) is 6.31. The first-order valence-electron chi connectivity index (χ1n) is 11.7. The molecule has 1 atom stereocenters. The number of carbonyl (C=O) groups is 2. The standard InChI is InChI=1S/C28H23Cl2N3O4/c1-33(15-25(34)35)27-21-7-4-6-19(16-11-17(29)13-18(30)12-16)26(21)31-14-22(27)28(36)32-23-9-10-37-24-8-3-2-5-20(23)24/h2-8,11-14,23H,9-10,15H2,1H3,(H,32,36)(H,34,35)/t23-/m0/s1. The van der Waals surface area contributed by atoms with Gasteiger partial charge in [-0.05, 0) is 29.8 Å². The van der Waals surface area contributed by atoms with Crippen molar-refractivity contribution in [3.63, 3.8) is 0 Å². The Labute approximate surface area is 223 Å². The van der Waals surface area contributed by atoms with Gasteiger partial charge in [-0.15, -0.1) is 0 Å². The van der Waals surface area contributed by atoms with E-state index in [9.17, 15) is 14.7 Å². The van der Waals surface area contributed by atoms with Crippen LogP contribution in [-0.4, -0.2) is 42.2 Å². The fraction of sp³-hybridized carbons (Fsp3) is 0.179. The summed E-state index contributed by atoms with van der Waals surface area (Å²) in [7, 11) is 1.65. The number of para-hydroxylation sites is 2. The summed E-state index contributed by atoms with van der Waals surface area (Å²) in [6.07, 6.45) is 2.11. The van der Waals surface area contributed by atoms with Gasteiger partial charge in [0.1, 0.15) is 12.3 Å². The van der Waals surface area contributed by atoms with E-state index in [0.717, 1.165) is 22.4 Å². The summed E-state index contributed by atoms with van der Waals surface area (Å²) in [4.78, 5) is 31.4. The highest BCUT2D eigenvalue weighted by Gasteiger charge is 2.26. The fourth-order valence-electron chi connectivity index (χ4n) is 4.74. The van der Waals surface area contributed by atoms with E-state index in [1.165, 1.54) is 6.20 Å². The minimum Gasteiger partial charge on any atom is -0.493 e. The van der Waals surface area contributed by atoms with Gasteiger partial charge in [0.25, 0.3) is 5.91 Å². The number of pyridine rings is 1. The Kier molecular flexibility index (Phi) is 6.91. The maximum atomic E-state index is 13.6. The summed E-state index contributed by atoms with van der Waals surface area (Å²) in [5.74, 6) is -0.627. The highest BCUT2D eigenvalue weighted by atomic mass is 35.5. The van der Waals surface area contributed by atoms with Crippen LogP contribution in [0, 0.1) is 0 Å². The lowest BCUT2D eigenvalue weighted by molar-refractivity contribution is -0.135. The molecule has 0 saturated carbocycles. The van der Waals surface area contributed by atoms with Gasteiger partial charge in [0.15, 0.2) is 0 Å². The van der Waals surface area contributed by atoms with Gasteiger partial charge in [-0.2, -0.15) is 0 Å². The largest absolute Gasteiger partial charge is 0.493 e.